The van der Waals surface area contributed by atoms with Crippen molar-refractivity contribution in [2.24, 2.45) is 5.73 Å². The summed E-state index contributed by atoms with van der Waals surface area (Å²) < 4.78 is 6.96. The summed E-state index contributed by atoms with van der Waals surface area (Å²) in [4.78, 5) is 25.2. The number of nitrogens with two attached hydrogens (primary N) is 1. The van der Waals surface area contributed by atoms with E-state index in [0.717, 1.165) is 5.56 Å². The van der Waals surface area contributed by atoms with Gasteiger partial charge in [-0.25, -0.2) is 4.90 Å². The van der Waals surface area contributed by atoms with Crippen LogP contribution in [0, 0.1) is 0 Å². The first-order valence-corrected chi connectivity index (χ1v) is 6.59. The maximum absolute atomic E-state index is 12.0. The van der Waals surface area contributed by atoms with Gasteiger partial charge < -0.3 is 5.73 Å². The number of amides is 2. The molecule has 1 heterocycles. The van der Waals surface area contributed by atoms with Crippen LogP contribution in [-0.4, -0.2) is 23.3 Å². The van der Waals surface area contributed by atoms with Crippen molar-refractivity contribution in [3.63, 3.8) is 0 Å². The van der Waals surface area contributed by atoms with Crippen molar-refractivity contribution in [1.29, 1.82) is 0 Å². The zero-order valence-corrected chi connectivity index (χ0v) is 10.3. The highest BCUT2D eigenvalue weighted by Crippen LogP contribution is 2.28. The highest BCUT2D eigenvalue weighted by molar-refractivity contribution is 8.00. The Bertz CT molecular complexity index is 481. The smallest absolute Gasteiger partial charge is 0.247 e. The van der Waals surface area contributed by atoms with Gasteiger partial charge in [0.1, 0.15) is 1.41 Å². The molecule has 17 heavy (non-hydrogen) atoms. The van der Waals surface area contributed by atoms with Gasteiger partial charge >= 0.3 is 0 Å². The molecule has 1 aromatic carbocycles. The van der Waals surface area contributed by atoms with Gasteiger partial charge in [-0.3, -0.25) is 9.59 Å². The van der Waals surface area contributed by atoms with E-state index in [9.17, 15) is 9.59 Å². The standard InChI is InChI=1S/C12H14N2O2S/c1-17-10-6-11(15)14(12(10)16)9-4-2-3-8(5-9)7-13/h2-5,10H,6-7,13H2,1H3/i/hT. The van der Waals surface area contributed by atoms with Crippen LogP contribution in [0.3, 0.4) is 0 Å². The van der Waals surface area contributed by atoms with Gasteiger partial charge in [-0.05, 0) is 24.0 Å². The molecule has 1 saturated heterocycles. The molecule has 90 valence electrons. The first-order valence-electron chi connectivity index (χ1n) is 5.80. The van der Waals surface area contributed by atoms with Crippen molar-refractivity contribution in [3.05, 3.63) is 29.8 Å². The lowest BCUT2D eigenvalue weighted by Crippen LogP contribution is -2.31. The van der Waals surface area contributed by atoms with Crippen LogP contribution in [0.15, 0.2) is 24.3 Å². The zero-order valence-electron chi connectivity index (χ0n) is 10.5. The first kappa shape index (κ1) is 10.8. The van der Waals surface area contributed by atoms with Crippen LogP contribution in [0.5, 0.6) is 0 Å². The van der Waals surface area contributed by atoms with E-state index in [4.69, 9.17) is 1.41 Å². The third-order valence-corrected chi connectivity index (χ3v) is 3.70. The number of hydrogen-bond donors (Lipinski definition) is 1. The zero-order chi connectivity index (χ0) is 13.1. The lowest BCUT2D eigenvalue weighted by atomic mass is 10.2. The third kappa shape index (κ3) is 2.21. The van der Waals surface area contributed by atoms with Crippen molar-refractivity contribution in [2.45, 2.75) is 18.2 Å². The Balaban J connectivity index is 2.28. The molecule has 2 rings (SSSR count). The van der Waals surface area contributed by atoms with Crippen molar-refractivity contribution < 1.29 is 11.0 Å². The molecular weight excluding hydrogens is 236 g/mol. The Labute approximate surface area is 106 Å². The van der Waals surface area contributed by atoms with Crippen molar-refractivity contribution in [1.82, 2.24) is 0 Å². The van der Waals surface area contributed by atoms with Crippen LogP contribution >= 0.6 is 11.8 Å². The van der Waals surface area contributed by atoms with Gasteiger partial charge in [-0.15, -0.1) is 0 Å². The maximum atomic E-state index is 12.0. The summed E-state index contributed by atoms with van der Waals surface area (Å²) in [6.45, 7) is 0.385. The van der Waals surface area contributed by atoms with Crippen LogP contribution < -0.4 is 10.6 Å². The quantitative estimate of drug-likeness (QED) is 0.816. The predicted octanol–water partition coefficient (Wildman–Crippen LogP) is 1.14. The Morgan fingerprint density at radius 2 is 2.41 bits per heavy atom. The van der Waals surface area contributed by atoms with E-state index in [1.54, 1.807) is 18.2 Å². The number of benzene rings is 1. The van der Waals surface area contributed by atoms with E-state index in [-0.39, 0.29) is 23.5 Å². The molecule has 0 radical (unpaired) electrons. The van der Waals surface area contributed by atoms with Gasteiger partial charge in [0.25, 0.3) is 0 Å². The highest BCUT2D eigenvalue weighted by atomic mass is 32.2. The largest absolute Gasteiger partial charge is 0.326 e. The predicted molar refractivity (Wildman–Crippen MR) is 68.7 cm³/mol. The lowest BCUT2D eigenvalue weighted by Gasteiger charge is -2.15. The van der Waals surface area contributed by atoms with Gasteiger partial charge in [0.15, 0.2) is 0 Å². The molecule has 1 aliphatic rings. The molecule has 0 aliphatic carbocycles. The fourth-order valence-electron chi connectivity index (χ4n) is 1.86. The topological polar surface area (TPSA) is 63.4 Å². The number of nitrogens with zero attached hydrogens (tertiary/aromatic N) is 1. The number of hydrogen-bond acceptors (Lipinski definition) is 4. The first-order chi connectivity index (χ1) is 8.67. The molecule has 5 heteroatoms. The number of rotatable bonds is 4. The van der Waals surface area contributed by atoms with E-state index in [0.29, 0.717) is 12.2 Å². The highest BCUT2D eigenvalue weighted by Gasteiger charge is 2.38. The van der Waals surface area contributed by atoms with E-state index in [1.165, 1.54) is 16.7 Å². The summed E-state index contributed by atoms with van der Waals surface area (Å²) in [6, 6.07) is 7.14. The normalized spacial score (nSPS) is 20.9. The minimum absolute atomic E-state index is 0.150. The molecular formula is C12H14N2O2S. The summed E-state index contributed by atoms with van der Waals surface area (Å²) in [5.41, 5.74) is 3.76. The monoisotopic (exact) mass is 252 g/mol. The molecule has 0 aromatic heterocycles. The summed E-state index contributed by atoms with van der Waals surface area (Å²) in [5, 5.41) is -0.268. The van der Waals surface area contributed by atoms with Gasteiger partial charge in [-0.2, -0.15) is 11.8 Å². The van der Waals surface area contributed by atoms with Gasteiger partial charge in [0, 0.05) is 13.0 Å². The molecule has 1 unspecified atom stereocenters. The van der Waals surface area contributed by atoms with Gasteiger partial charge in [-0.1, -0.05) is 12.1 Å². The van der Waals surface area contributed by atoms with Crippen LogP contribution in [0.2, 0.25) is 1.41 Å². The lowest BCUT2D eigenvalue weighted by molar-refractivity contribution is -0.121. The van der Waals surface area contributed by atoms with Crippen molar-refractivity contribution in [3.8, 4) is 0 Å². The number of thioether (sulfide) groups is 1. The van der Waals surface area contributed by atoms with Crippen LogP contribution in [0.1, 0.15) is 12.0 Å². The molecule has 0 saturated carbocycles. The Morgan fingerprint density at radius 3 is 3.06 bits per heavy atom. The molecule has 2 N–H and O–H groups in total. The van der Waals surface area contributed by atoms with E-state index < -0.39 is 0 Å². The molecule has 1 fully saturated rings. The second-order valence-corrected chi connectivity index (χ2v) is 4.88. The Hall–Kier alpha value is -1.33. The molecule has 0 bridgehead atoms. The maximum Gasteiger partial charge on any atom is 0.247 e. The number of imide groups is 1. The average Bonchev–Trinajstić information content (AvgIpc) is 2.65. The number of carbonyl (C=O) groups is 2. The third-order valence-electron chi connectivity index (χ3n) is 2.76. The van der Waals surface area contributed by atoms with Crippen LogP contribution in [-0.2, 0) is 16.1 Å². The van der Waals surface area contributed by atoms with Crippen molar-refractivity contribution in [2.75, 3.05) is 11.2 Å². The minimum atomic E-state index is -0.268. The van der Waals surface area contributed by atoms with E-state index >= 15 is 0 Å². The summed E-state index contributed by atoms with van der Waals surface area (Å²) >= 11 is 1.40. The van der Waals surface area contributed by atoms with Gasteiger partial charge in [0.2, 0.25) is 11.8 Å². The fraction of sp³-hybridized carbons (Fsp3) is 0.333. The minimum Gasteiger partial charge on any atom is -0.326 e. The SMILES string of the molecule is [3H]NCc1cccc(N2C(=O)CC(SC)C2=O)c1. The average molecular weight is 252 g/mol. The second kappa shape index (κ2) is 4.89. The Kier molecular flexibility index (Phi) is 3.11. The van der Waals surface area contributed by atoms with Crippen molar-refractivity contribution >= 4 is 29.3 Å². The molecule has 1 aromatic rings. The molecule has 1 aliphatic heterocycles. The van der Waals surface area contributed by atoms with Crippen LogP contribution in [0.4, 0.5) is 5.69 Å². The molecule has 4 nitrogen and oxygen atoms in total. The fourth-order valence-corrected chi connectivity index (χ4v) is 2.48. The second-order valence-electron chi connectivity index (χ2n) is 3.84. The Morgan fingerprint density at radius 1 is 1.59 bits per heavy atom. The summed E-state index contributed by atoms with van der Waals surface area (Å²) in [5.74, 6) is -0.307. The van der Waals surface area contributed by atoms with Gasteiger partial charge in [0.05, 0.1) is 10.9 Å². The molecule has 2 amide bonds. The van der Waals surface area contributed by atoms with E-state index in [1.807, 2.05) is 12.3 Å². The summed E-state index contributed by atoms with van der Waals surface area (Å²) in [7, 11) is 0. The number of anilines is 1. The summed E-state index contributed by atoms with van der Waals surface area (Å²) in [6.07, 6.45) is 2.10. The molecule has 0 spiro atoms. The van der Waals surface area contributed by atoms with Crippen LogP contribution in [0.25, 0.3) is 0 Å². The molecule has 1 atom stereocenters. The van der Waals surface area contributed by atoms with E-state index in [2.05, 4.69) is 5.73 Å². The number of carbonyl (C=O) groups excluding carboxylic acids is 2.